The van der Waals surface area contributed by atoms with E-state index in [4.69, 9.17) is 4.42 Å². The summed E-state index contributed by atoms with van der Waals surface area (Å²) in [4.78, 5) is 15.7. The smallest absolute Gasteiger partial charge is 0.408 e. The molecule has 0 atom stereocenters. The molecule has 0 saturated heterocycles. The van der Waals surface area contributed by atoms with Crippen LogP contribution in [0.3, 0.4) is 0 Å². The van der Waals surface area contributed by atoms with Crippen molar-refractivity contribution in [3.05, 3.63) is 29.0 Å². The summed E-state index contributed by atoms with van der Waals surface area (Å²) < 4.78 is 6.85. The first-order valence-electron chi connectivity index (χ1n) is 5.23. The fourth-order valence-electron chi connectivity index (χ4n) is 1.88. The van der Waals surface area contributed by atoms with E-state index in [9.17, 15) is 4.79 Å². The van der Waals surface area contributed by atoms with Gasteiger partial charge in [0.25, 0.3) is 0 Å². The molecule has 0 aliphatic heterocycles. The highest BCUT2D eigenvalue weighted by Gasteiger charge is 2.15. The van der Waals surface area contributed by atoms with Crippen LogP contribution in [0.1, 0.15) is 32.7 Å². The van der Waals surface area contributed by atoms with Crippen LogP contribution in [-0.2, 0) is 0 Å². The van der Waals surface area contributed by atoms with Crippen LogP contribution in [0.25, 0.3) is 11.1 Å². The molecule has 4 nitrogen and oxygen atoms in total. The Balaban J connectivity index is 2.68. The molecule has 0 amide bonds. The third-order valence-electron chi connectivity index (χ3n) is 2.72. The van der Waals surface area contributed by atoms with Gasteiger partial charge in [-0.15, -0.1) is 0 Å². The van der Waals surface area contributed by atoms with Gasteiger partial charge in [0.1, 0.15) is 5.52 Å². The van der Waals surface area contributed by atoms with E-state index in [0.29, 0.717) is 5.58 Å². The minimum absolute atomic E-state index is 0.197. The second kappa shape index (κ2) is 3.88. The third-order valence-corrected chi connectivity index (χ3v) is 2.72. The minimum atomic E-state index is -0.285. The van der Waals surface area contributed by atoms with Crippen LogP contribution in [-0.4, -0.2) is 9.55 Å². The average molecular weight is 206 g/mol. The van der Waals surface area contributed by atoms with E-state index in [0.717, 1.165) is 18.4 Å². The van der Waals surface area contributed by atoms with E-state index in [2.05, 4.69) is 18.8 Å². The van der Waals surface area contributed by atoms with Crippen molar-refractivity contribution in [1.82, 2.24) is 9.55 Å². The molecule has 0 aromatic carbocycles. The predicted molar refractivity (Wildman–Crippen MR) is 57.9 cm³/mol. The molecule has 4 heteroatoms. The quantitative estimate of drug-likeness (QED) is 0.774. The van der Waals surface area contributed by atoms with Crippen molar-refractivity contribution in [2.75, 3.05) is 0 Å². The minimum Gasteiger partial charge on any atom is -0.408 e. The Labute approximate surface area is 87.5 Å². The summed E-state index contributed by atoms with van der Waals surface area (Å²) in [5.41, 5.74) is 1.40. The Bertz CT molecular complexity index is 509. The van der Waals surface area contributed by atoms with E-state index in [-0.39, 0.29) is 11.8 Å². The van der Waals surface area contributed by atoms with Crippen LogP contribution in [0.2, 0.25) is 0 Å². The zero-order chi connectivity index (χ0) is 10.8. The van der Waals surface area contributed by atoms with Crippen molar-refractivity contribution in [2.24, 2.45) is 0 Å². The summed E-state index contributed by atoms with van der Waals surface area (Å²) in [5, 5.41) is 0. The average Bonchev–Trinajstić information content (AvgIpc) is 2.58. The second-order valence-corrected chi connectivity index (χ2v) is 3.55. The van der Waals surface area contributed by atoms with E-state index < -0.39 is 0 Å². The Hall–Kier alpha value is -1.58. The Morgan fingerprint density at radius 3 is 2.87 bits per heavy atom. The molecule has 15 heavy (non-hydrogen) atoms. The molecule has 2 aromatic rings. The highest BCUT2D eigenvalue weighted by atomic mass is 16.4. The van der Waals surface area contributed by atoms with Crippen molar-refractivity contribution in [2.45, 2.75) is 32.7 Å². The molecule has 2 aromatic heterocycles. The van der Waals surface area contributed by atoms with Crippen LogP contribution < -0.4 is 5.76 Å². The Kier molecular flexibility index (Phi) is 2.58. The van der Waals surface area contributed by atoms with E-state index >= 15 is 0 Å². The number of nitrogens with zero attached hydrogens (tertiary/aromatic N) is 2. The van der Waals surface area contributed by atoms with Gasteiger partial charge in [-0.1, -0.05) is 13.8 Å². The summed E-state index contributed by atoms with van der Waals surface area (Å²) in [6.45, 7) is 4.13. The van der Waals surface area contributed by atoms with Gasteiger partial charge in [-0.2, -0.15) is 0 Å². The van der Waals surface area contributed by atoms with Gasteiger partial charge in [-0.05, 0) is 12.8 Å². The molecule has 0 N–H and O–H groups in total. The first-order chi connectivity index (χ1) is 7.27. The van der Waals surface area contributed by atoms with Gasteiger partial charge >= 0.3 is 5.76 Å². The number of oxazole rings is 1. The number of aromatic nitrogens is 2. The Morgan fingerprint density at radius 1 is 1.47 bits per heavy atom. The molecule has 0 saturated carbocycles. The summed E-state index contributed by atoms with van der Waals surface area (Å²) >= 11 is 0. The molecule has 2 heterocycles. The molecule has 2 rings (SSSR count). The SMILES string of the molecule is CCC(CC)n1c(=O)oc2ccncc21. The maximum absolute atomic E-state index is 11.7. The predicted octanol–water partition coefficient (Wildman–Crippen LogP) is 2.35. The van der Waals surface area contributed by atoms with Crippen LogP contribution in [0.5, 0.6) is 0 Å². The van der Waals surface area contributed by atoms with Gasteiger partial charge in [0, 0.05) is 18.3 Å². The van der Waals surface area contributed by atoms with Crippen molar-refractivity contribution in [3.63, 3.8) is 0 Å². The molecule has 0 fully saturated rings. The molecule has 0 bridgehead atoms. The van der Waals surface area contributed by atoms with Crippen LogP contribution >= 0.6 is 0 Å². The van der Waals surface area contributed by atoms with Crippen LogP contribution in [0.4, 0.5) is 0 Å². The fraction of sp³-hybridized carbons (Fsp3) is 0.455. The number of pyridine rings is 1. The highest BCUT2D eigenvalue weighted by Crippen LogP contribution is 2.20. The van der Waals surface area contributed by atoms with Gasteiger partial charge in [-0.25, -0.2) is 4.79 Å². The number of fused-ring (bicyclic) bond motifs is 1. The van der Waals surface area contributed by atoms with Crippen molar-refractivity contribution < 1.29 is 4.42 Å². The third kappa shape index (κ3) is 1.56. The lowest BCUT2D eigenvalue weighted by molar-refractivity contribution is 0.421. The van der Waals surface area contributed by atoms with E-state index in [1.54, 1.807) is 23.0 Å². The molecular formula is C11H14N2O2. The van der Waals surface area contributed by atoms with Gasteiger partial charge < -0.3 is 4.42 Å². The van der Waals surface area contributed by atoms with E-state index in [1.807, 2.05) is 0 Å². The zero-order valence-electron chi connectivity index (χ0n) is 8.93. The summed E-state index contributed by atoms with van der Waals surface area (Å²) in [6.07, 6.45) is 5.14. The fourth-order valence-corrected chi connectivity index (χ4v) is 1.88. The highest BCUT2D eigenvalue weighted by molar-refractivity contribution is 5.71. The zero-order valence-corrected chi connectivity index (χ0v) is 8.93. The molecule has 0 aliphatic carbocycles. The molecular weight excluding hydrogens is 192 g/mol. The number of rotatable bonds is 3. The van der Waals surface area contributed by atoms with Crippen LogP contribution in [0.15, 0.2) is 27.7 Å². The van der Waals surface area contributed by atoms with Crippen molar-refractivity contribution in [3.8, 4) is 0 Å². The summed E-state index contributed by atoms with van der Waals surface area (Å²) in [6, 6.07) is 1.92. The number of hydrogen-bond donors (Lipinski definition) is 0. The molecule has 0 unspecified atom stereocenters. The topological polar surface area (TPSA) is 48.0 Å². The largest absolute Gasteiger partial charge is 0.420 e. The van der Waals surface area contributed by atoms with Crippen molar-refractivity contribution >= 4 is 11.1 Å². The van der Waals surface area contributed by atoms with E-state index in [1.165, 1.54) is 0 Å². The number of hydrogen-bond acceptors (Lipinski definition) is 3. The molecule has 0 radical (unpaired) electrons. The lowest BCUT2D eigenvalue weighted by atomic mass is 10.1. The normalized spacial score (nSPS) is 11.4. The monoisotopic (exact) mass is 206 g/mol. The van der Waals surface area contributed by atoms with Gasteiger partial charge in [0.2, 0.25) is 0 Å². The first-order valence-corrected chi connectivity index (χ1v) is 5.23. The standard InChI is InChI=1S/C11H14N2O2/c1-3-8(4-2)13-9-7-12-6-5-10(9)15-11(13)14/h5-8H,3-4H2,1-2H3. The van der Waals surface area contributed by atoms with Gasteiger partial charge in [0.05, 0.1) is 6.20 Å². The van der Waals surface area contributed by atoms with Gasteiger partial charge in [-0.3, -0.25) is 9.55 Å². The maximum atomic E-state index is 11.7. The molecule has 80 valence electrons. The summed E-state index contributed by atoms with van der Waals surface area (Å²) in [5.74, 6) is -0.285. The first kappa shape index (κ1) is 9.96. The molecule has 0 aliphatic rings. The van der Waals surface area contributed by atoms with Gasteiger partial charge in [0.15, 0.2) is 5.58 Å². The molecule has 0 spiro atoms. The summed E-state index contributed by atoms with van der Waals surface area (Å²) in [7, 11) is 0. The lowest BCUT2D eigenvalue weighted by Gasteiger charge is -2.12. The maximum Gasteiger partial charge on any atom is 0.420 e. The van der Waals surface area contributed by atoms with Crippen LogP contribution in [0, 0.1) is 0 Å². The Morgan fingerprint density at radius 2 is 2.20 bits per heavy atom. The van der Waals surface area contributed by atoms with Crippen molar-refractivity contribution in [1.29, 1.82) is 0 Å². The second-order valence-electron chi connectivity index (χ2n) is 3.55. The lowest BCUT2D eigenvalue weighted by Crippen LogP contribution is -2.19.